The van der Waals surface area contributed by atoms with Crippen molar-refractivity contribution in [1.29, 1.82) is 0 Å². The van der Waals surface area contributed by atoms with E-state index >= 15 is 0 Å². The smallest absolute Gasteiger partial charge is 0.252 e. The molecule has 0 aliphatic carbocycles. The van der Waals surface area contributed by atoms with Crippen LogP contribution in [-0.4, -0.2) is 18.1 Å². The van der Waals surface area contributed by atoms with Crippen molar-refractivity contribution in [1.82, 2.24) is 0 Å². The fourth-order valence-corrected chi connectivity index (χ4v) is 2.36. The Kier molecular flexibility index (Phi) is 4.11. The van der Waals surface area contributed by atoms with Crippen molar-refractivity contribution in [2.75, 3.05) is 7.11 Å². The van der Waals surface area contributed by atoms with Crippen LogP contribution in [0.15, 0.2) is 64.8 Å². The van der Waals surface area contributed by atoms with Gasteiger partial charge < -0.3 is 15.6 Å². The number of nitrogens with zero attached hydrogens (tertiary/aromatic N) is 2. The molecular weight excluding hydrogens is 306 g/mol. The Morgan fingerprint density at radius 2 is 1.79 bits per heavy atom. The van der Waals surface area contributed by atoms with E-state index in [1.807, 2.05) is 18.2 Å². The molecule has 0 aromatic heterocycles. The van der Waals surface area contributed by atoms with Gasteiger partial charge in [0.1, 0.15) is 11.4 Å². The molecule has 0 aliphatic heterocycles. The molecule has 0 fully saturated rings. The van der Waals surface area contributed by atoms with Gasteiger partial charge in [-0.2, -0.15) is 5.11 Å². The number of benzene rings is 3. The average molecular weight is 321 g/mol. The topological polar surface area (TPSA) is 97.3 Å². The second-order valence-electron chi connectivity index (χ2n) is 5.10. The monoisotopic (exact) mass is 321 g/mol. The van der Waals surface area contributed by atoms with Crippen molar-refractivity contribution in [3.8, 4) is 11.5 Å². The van der Waals surface area contributed by atoms with E-state index in [4.69, 9.17) is 10.5 Å². The summed E-state index contributed by atoms with van der Waals surface area (Å²) in [5.41, 5.74) is 6.13. The molecule has 0 atom stereocenters. The molecule has 0 saturated carbocycles. The van der Waals surface area contributed by atoms with Crippen LogP contribution in [0.4, 0.5) is 11.4 Å². The van der Waals surface area contributed by atoms with E-state index in [1.54, 1.807) is 43.5 Å². The summed E-state index contributed by atoms with van der Waals surface area (Å²) in [5, 5.41) is 20.0. The van der Waals surface area contributed by atoms with Crippen molar-refractivity contribution >= 4 is 28.1 Å². The maximum absolute atomic E-state index is 11.5. The lowest BCUT2D eigenvalue weighted by Gasteiger charge is -2.08. The first-order valence-corrected chi connectivity index (χ1v) is 7.20. The molecule has 120 valence electrons. The molecular formula is C18H15N3O3. The van der Waals surface area contributed by atoms with Crippen LogP contribution >= 0.6 is 0 Å². The fraction of sp³-hybridized carbons (Fsp3) is 0.0556. The summed E-state index contributed by atoms with van der Waals surface area (Å²) in [6, 6.07) is 15.8. The number of amides is 1. The minimum atomic E-state index is -0.723. The third-order valence-corrected chi connectivity index (χ3v) is 3.60. The van der Waals surface area contributed by atoms with Crippen molar-refractivity contribution < 1.29 is 14.6 Å². The van der Waals surface area contributed by atoms with E-state index in [0.717, 1.165) is 5.39 Å². The summed E-state index contributed by atoms with van der Waals surface area (Å²) in [6.45, 7) is 0. The van der Waals surface area contributed by atoms with Gasteiger partial charge in [-0.3, -0.25) is 4.79 Å². The van der Waals surface area contributed by atoms with Crippen molar-refractivity contribution in [3.05, 3.63) is 60.2 Å². The van der Waals surface area contributed by atoms with Crippen LogP contribution in [-0.2, 0) is 0 Å². The predicted molar refractivity (Wildman–Crippen MR) is 91.3 cm³/mol. The number of aromatic hydroxyl groups is 1. The third kappa shape index (κ3) is 2.89. The van der Waals surface area contributed by atoms with Crippen molar-refractivity contribution in [2.45, 2.75) is 0 Å². The van der Waals surface area contributed by atoms with E-state index in [2.05, 4.69) is 10.2 Å². The second-order valence-corrected chi connectivity index (χ2v) is 5.10. The Morgan fingerprint density at radius 1 is 1.08 bits per heavy atom. The Balaban J connectivity index is 2.11. The molecule has 3 aromatic carbocycles. The maximum Gasteiger partial charge on any atom is 0.252 e. The molecule has 6 heteroatoms. The number of fused-ring (bicyclic) bond motifs is 1. The first-order valence-electron chi connectivity index (χ1n) is 7.20. The highest BCUT2D eigenvalue weighted by Crippen LogP contribution is 2.39. The average Bonchev–Trinajstić information content (AvgIpc) is 2.60. The van der Waals surface area contributed by atoms with Gasteiger partial charge >= 0.3 is 0 Å². The van der Waals surface area contributed by atoms with Gasteiger partial charge in [0.15, 0.2) is 5.75 Å². The highest BCUT2D eigenvalue weighted by atomic mass is 16.5. The highest BCUT2D eigenvalue weighted by molar-refractivity contribution is 6.06. The molecule has 24 heavy (non-hydrogen) atoms. The van der Waals surface area contributed by atoms with Crippen molar-refractivity contribution in [3.63, 3.8) is 0 Å². The number of hydrogen-bond acceptors (Lipinski definition) is 5. The normalized spacial score (nSPS) is 11.0. The van der Waals surface area contributed by atoms with Crippen LogP contribution in [0.2, 0.25) is 0 Å². The molecule has 0 spiro atoms. The van der Waals surface area contributed by atoms with Gasteiger partial charge in [-0.15, -0.1) is 5.11 Å². The minimum Gasteiger partial charge on any atom is -0.505 e. The van der Waals surface area contributed by atoms with E-state index in [-0.39, 0.29) is 17.0 Å². The van der Waals surface area contributed by atoms with Gasteiger partial charge in [0.2, 0.25) is 0 Å². The number of methoxy groups -OCH3 is 1. The number of hydrogen-bond donors (Lipinski definition) is 2. The first kappa shape index (κ1) is 15.5. The number of rotatable bonds is 4. The number of azo groups is 1. The van der Waals surface area contributed by atoms with Crippen LogP contribution in [0.5, 0.6) is 11.5 Å². The summed E-state index contributed by atoms with van der Waals surface area (Å²) in [5.74, 6) is -0.296. The summed E-state index contributed by atoms with van der Waals surface area (Å²) in [4.78, 5) is 11.5. The van der Waals surface area contributed by atoms with E-state index < -0.39 is 5.91 Å². The number of phenols is 1. The van der Waals surface area contributed by atoms with Crippen LogP contribution in [0.3, 0.4) is 0 Å². The van der Waals surface area contributed by atoms with E-state index in [1.165, 1.54) is 0 Å². The molecule has 0 heterocycles. The van der Waals surface area contributed by atoms with Crippen LogP contribution in [0, 0.1) is 0 Å². The molecule has 0 saturated heterocycles. The second kappa shape index (κ2) is 6.37. The number of ether oxygens (including phenoxy) is 1. The molecule has 3 N–H and O–H groups in total. The number of carbonyl (C=O) groups excluding carboxylic acids is 1. The summed E-state index contributed by atoms with van der Waals surface area (Å²) in [6.07, 6.45) is 0. The van der Waals surface area contributed by atoms with Gasteiger partial charge in [0.25, 0.3) is 5.91 Å². The lowest BCUT2D eigenvalue weighted by Crippen LogP contribution is -2.11. The van der Waals surface area contributed by atoms with Gasteiger partial charge in [-0.05, 0) is 35.7 Å². The zero-order chi connectivity index (χ0) is 17.1. The Morgan fingerprint density at radius 3 is 2.46 bits per heavy atom. The lowest BCUT2D eigenvalue weighted by atomic mass is 10.0. The molecule has 1 amide bonds. The summed E-state index contributed by atoms with van der Waals surface area (Å²) in [7, 11) is 1.58. The van der Waals surface area contributed by atoms with E-state index in [0.29, 0.717) is 16.8 Å². The standard InChI is InChI=1S/C18H15N3O3/c1-24-13-8-6-12(7-9-13)20-21-16-14-5-3-2-4-11(14)10-15(17(16)22)18(19)23/h2-10,22H,1H3,(H2,19,23)/b21-20+. The zero-order valence-electron chi connectivity index (χ0n) is 12.9. The maximum atomic E-state index is 11.5. The molecule has 3 aromatic rings. The minimum absolute atomic E-state index is 0.0115. The Hall–Kier alpha value is -3.41. The molecule has 0 unspecified atom stereocenters. The number of carbonyl (C=O) groups is 1. The van der Waals surface area contributed by atoms with Crippen LogP contribution in [0.25, 0.3) is 10.8 Å². The Labute approximate surface area is 138 Å². The van der Waals surface area contributed by atoms with Gasteiger partial charge in [-0.1, -0.05) is 24.3 Å². The van der Waals surface area contributed by atoms with Gasteiger partial charge in [0.05, 0.1) is 18.4 Å². The van der Waals surface area contributed by atoms with Crippen molar-refractivity contribution in [2.24, 2.45) is 16.0 Å². The van der Waals surface area contributed by atoms with Crippen LogP contribution in [0.1, 0.15) is 10.4 Å². The Bertz CT molecular complexity index is 934. The molecule has 0 bridgehead atoms. The zero-order valence-corrected chi connectivity index (χ0v) is 12.9. The molecule has 3 rings (SSSR count). The van der Waals surface area contributed by atoms with Gasteiger partial charge in [0, 0.05) is 5.39 Å². The lowest BCUT2D eigenvalue weighted by molar-refractivity contribution is 0.0998. The van der Waals surface area contributed by atoms with Crippen LogP contribution < -0.4 is 10.5 Å². The molecule has 6 nitrogen and oxygen atoms in total. The summed E-state index contributed by atoms with van der Waals surface area (Å²) >= 11 is 0. The van der Waals surface area contributed by atoms with E-state index in [9.17, 15) is 9.90 Å². The quantitative estimate of drug-likeness (QED) is 0.709. The SMILES string of the molecule is COc1ccc(/N=N/c2c(O)c(C(N)=O)cc3ccccc23)cc1. The predicted octanol–water partition coefficient (Wildman–Crippen LogP) is 4.07. The summed E-state index contributed by atoms with van der Waals surface area (Å²) < 4.78 is 5.09. The molecule has 0 radical (unpaired) electrons. The number of primary amides is 1. The molecule has 0 aliphatic rings. The first-order chi connectivity index (χ1) is 11.6. The fourth-order valence-electron chi connectivity index (χ4n) is 2.36. The largest absolute Gasteiger partial charge is 0.505 e. The third-order valence-electron chi connectivity index (χ3n) is 3.60. The highest BCUT2D eigenvalue weighted by Gasteiger charge is 2.16. The van der Waals surface area contributed by atoms with Gasteiger partial charge in [-0.25, -0.2) is 0 Å². The number of nitrogens with two attached hydrogens (primary N) is 1.